The van der Waals surface area contributed by atoms with Crippen LogP contribution in [0.3, 0.4) is 0 Å². The Morgan fingerprint density at radius 1 is 0.824 bits per heavy atom. The third-order valence-electron chi connectivity index (χ3n) is 1.19. The molecule has 2 rings (SSSR count). The summed E-state index contributed by atoms with van der Waals surface area (Å²) < 4.78 is 0. The molecular formula is C15H25PtSi-6. The van der Waals surface area contributed by atoms with Gasteiger partial charge in [0.05, 0.1) is 0 Å². The largest absolute Gasteiger partial charge is 0.358 e. The van der Waals surface area contributed by atoms with Crippen LogP contribution in [0.25, 0.3) is 0 Å². The van der Waals surface area contributed by atoms with Crippen LogP contribution in [0.15, 0.2) is 48.6 Å². The average Bonchev–Trinajstić information content (AvgIpc) is 2.64. The van der Waals surface area contributed by atoms with Crippen LogP contribution in [-0.4, -0.2) is 11.0 Å². The minimum Gasteiger partial charge on any atom is -0.358 e. The van der Waals surface area contributed by atoms with E-state index in [1.807, 2.05) is 42.5 Å². The SMILES string of the molecule is [C-]1=CC=CC1.[CH3-].[CH3-].[CH3-].[CH3-].[Pt].[SiH3].[c-]1ccccc1. The molecule has 2 heteroatoms. The van der Waals surface area contributed by atoms with Crippen LogP contribution in [-0.2, 0) is 21.1 Å². The van der Waals surface area contributed by atoms with Gasteiger partial charge >= 0.3 is 0 Å². The molecule has 0 bridgehead atoms. The van der Waals surface area contributed by atoms with Crippen molar-refractivity contribution in [2.75, 3.05) is 0 Å². The molecule has 0 heterocycles. The summed E-state index contributed by atoms with van der Waals surface area (Å²) in [6.45, 7) is 0. The Morgan fingerprint density at radius 3 is 1.47 bits per heavy atom. The fraction of sp³-hybridized carbons (Fsp3) is 0.0667. The Morgan fingerprint density at radius 2 is 1.35 bits per heavy atom. The average molecular weight is 429 g/mol. The number of hydrogen-bond acceptors (Lipinski definition) is 0. The zero-order valence-electron chi connectivity index (χ0n) is 11.6. The summed E-state index contributed by atoms with van der Waals surface area (Å²) in [5.41, 5.74) is 0. The van der Waals surface area contributed by atoms with Crippen molar-refractivity contribution in [3.63, 3.8) is 0 Å². The fourth-order valence-electron chi connectivity index (χ4n) is 0.682. The van der Waals surface area contributed by atoms with Gasteiger partial charge in [-0.25, -0.2) is 12.2 Å². The quantitative estimate of drug-likeness (QED) is 0.439. The van der Waals surface area contributed by atoms with E-state index in [1.54, 1.807) is 0 Å². The molecule has 0 N–H and O–H groups in total. The van der Waals surface area contributed by atoms with Gasteiger partial charge in [-0.05, 0) is 11.0 Å². The molecule has 0 nitrogen and oxygen atoms in total. The first-order chi connectivity index (χ1) is 5.50. The molecule has 1 aromatic carbocycles. The second kappa shape index (κ2) is 29.6. The predicted molar refractivity (Wildman–Crippen MR) is 82.4 cm³/mol. The van der Waals surface area contributed by atoms with Crippen molar-refractivity contribution in [1.82, 2.24) is 0 Å². The third-order valence-corrected chi connectivity index (χ3v) is 1.19. The molecule has 0 atom stereocenters. The first-order valence-corrected chi connectivity index (χ1v) is 3.63. The normalized spacial score (nSPS) is 8.00. The molecule has 1 aliphatic rings. The maximum Gasteiger partial charge on any atom is 0 e. The van der Waals surface area contributed by atoms with Crippen molar-refractivity contribution in [3.05, 3.63) is 90.4 Å². The van der Waals surface area contributed by atoms with Gasteiger partial charge in [0.15, 0.2) is 0 Å². The van der Waals surface area contributed by atoms with Gasteiger partial charge in [-0.2, -0.15) is 42.5 Å². The van der Waals surface area contributed by atoms with Crippen molar-refractivity contribution in [1.29, 1.82) is 0 Å². The number of hydrogen-bond donors (Lipinski definition) is 0. The van der Waals surface area contributed by atoms with Crippen molar-refractivity contribution in [3.8, 4) is 0 Å². The molecule has 1 aliphatic carbocycles. The zero-order valence-corrected chi connectivity index (χ0v) is 15.9. The third kappa shape index (κ3) is 25.7. The summed E-state index contributed by atoms with van der Waals surface area (Å²) in [4.78, 5) is 0. The number of allylic oxidation sites excluding steroid dienone is 4. The van der Waals surface area contributed by atoms with E-state index in [0.29, 0.717) is 0 Å². The molecule has 0 aromatic heterocycles. The maximum atomic E-state index is 2.99. The van der Waals surface area contributed by atoms with E-state index in [4.69, 9.17) is 0 Å². The van der Waals surface area contributed by atoms with Gasteiger partial charge in [0.25, 0.3) is 0 Å². The zero-order chi connectivity index (χ0) is 7.78. The van der Waals surface area contributed by atoms with Gasteiger partial charge in [-0.3, -0.25) is 6.08 Å². The molecule has 0 fully saturated rings. The molecule has 0 saturated heterocycles. The first kappa shape index (κ1) is 36.0. The fourth-order valence-corrected chi connectivity index (χ4v) is 0.682. The standard InChI is InChI=1S/C6H5.C5H5.4CH3.Pt.H3Si/c1-2-4-6-5-3-1;1-2-4-5-3-1;;;;;;/h1-5H;1-3H,4H2;4*1H3;;1H3/q6*-1;;. The molecule has 0 amide bonds. The minimum atomic E-state index is 0. The maximum absolute atomic E-state index is 2.99. The smallest absolute Gasteiger partial charge is 0 e. The van der Waals surface area contributed by atoms with Crippen molar-refractivity contribution >= 4 is 11.0 Å². The molecule has 0 unspecified atom stereocenters. The van der Waals surface area contributed by atoms with E-state index < -0.39 is 0 Å². The van der Waals surface area contributed by atoms with Crippen molar-refractivity contribution < 1.29 is 21.1 Å². The Bertz CT molecular complexity index is 193. The first-order valence-electron chi connectivity index (χ1n) is 3.63. The number of benzene rings is 1. The molecule has 0 spiro atoms. The Hall–Kier alpha value is -0.395. The number of rotatable bonds is 0. The van der Waals surface area contributed by atoms with Crippen LogP contribution in [0.5, 0.6) is 0 Å². The van der Waals surface area contributed by atoms with Gasteiger partial charge in [0.2, 0.25) is 0 Å². The van der Waals surface area contributed by atoms with E-state index in [0.717, 1.165) is 6.42 Å². The minimum absolute atomic E-state index is 0. The van der Waals surface area contributed by atoms with E-state index in [2.05, 4.69) is 18.2 Å². The monoisotopic (exact) mass is 428 g/mol. The molecule has 0 saturated carbocycles. The molecular weight excluding hydrogens is 403 g/mol. The summed E-state index contributed by atoms with van der Waals surface area (Å²) in [6.07, 6.45) is 10.0. The summed E-state index contributed by atoms with van der Waals surface area (Å²) in [5, 5.41) is 0. The molecule has 17 heavy (non-hydrogen) atoms. The van der Waals surface area contributed by atoms with Crippen LogP contribution >= 0.6 is 0 Å². The van der Waals surface area contributed by atoms with Crippen molar-refractivity contribution in [2.24, 2.45) is 0 Å². The van der Waals surface area contributed by atoms with Crippen LogP contribution < -0.4 is 0 Å². The van der Waals surface area contributed by atoms with E-state index in [9.17, 15) is 0 Å². The van der Waals surface area contributed by atoms with Gasteiger partial charge in [0, 0.05) is 21.1 Å². The van der Waals surface area contributed by atoms with Crippen LogP contribution in [0.4, 0.5) is 0 Å². The van der Waals surface area contributed by atoms with Crippen LogP contribution in [0, 0.1) is 41.8 Å². The molecule has 105 valence electrons. The van der Waals surface area contributed by atoms with E-state index in [-0.39, 0.29) is 61.7 Å². The van der Waals surface area contributed by atoms with Gasteiger partial charge in [-0.15, -0.1) is 6.42 Å². The summed E-state index contributed by atoms with van der Waals surface area (Å²) >= 11 is 0. The Balaban J connectivity index is -0.0000000265. The predicted octanol–water partition coefficient (Wildman–Crippen LogP) is 3.41. The summed E-state index contributed by atoms with van der Waals surface area (Å²) in [7, 11) is 0. The summed E-state index contributed by atoms with van der Waals surface area (Å²) in [5.74, 6) is 0. The van der Waals surface area contributed by atoms with Gasteiger partial charge in [-0.1, -0.05) is 0 Å². The van der Waals surface area contributed by atoms with E-state index in [1.165, 1.54) is 0 Å². The van der Waals surface area contributed by atoms with Crippen molar-refractivity contribution in [2.45, 2.75) is 6.42 Å². The van der Waals surface area contributed by atoms with Gasteiger partial charge < -0.3 is 29.7 Å². The molecule has 0 aliphatic heterocycles. The van der Waals surface area contributed by atoms with Crippen LogP contribution in [0.2, 0.25) is 0 Å². The Kier molecular flexibility index (Phi) is 62.6. The molecule has 1 radical (unpaired) electrons. The Labute approximate surface area is 129 Å². The van der Waals surface area contributed by atoms with Gasteiger partial charge in [0.1, 0.15) is 0 Å². The topological polar surface area (TPSA) is 0 Å². The van der Waals surface area contributed by atoms with Crippen LogP contribution in [0.1, 0.15) is 6.42 Å². The second-order valence-corrected chi connectivity index (χ2v) is 2.08. The molecule has 1 aromatic rings. The summed E-state index contributed by atoms with van der Waals surface area (Å²) in [6, 6.07) is 12.5. The second-order valence-electron chi connectivity index (χ2n) is 2.08. The van der Waals surface area contributed by atoms with E-state index >= 15 is 0 Å².